The number of phosphoric ester groups is 1. The van der Waals surface area contributed by atoms with Gasteiger partial charge in [0.1, 0.15) is 13.2 Å². The predicted octanol–water partition coefficient (Wildman–Crippen LogP) is 12.0. The van der Waals surface area contributed by atoms with Crippen LogP contribution in [0.2, 0.25) is 0 Å². The van der Waals surface area contributed by atoms with E-state index in [1.54, 1.807) is 6.08 Å². The summed E-state index contributed by atoms with van der Waals surface area (Å²) >= 11 is 0. The number of unbranched alkanes of at least 4 members (excludes halogenated alkanes) is 15. The Morgan fingerprint density at radius 3 is 1.65 bits per heavy atom. The van der Waals surface area contributed by atoms with Crippen molar-refractivity contribution in [3.05, 3.63) is 72.9 Å². The number of amides is 1. The van der Waals surface area contributed by atoms with Gasteiger partial charge in [-0.15, -0.1) is 0 Å². The molecule has 3 N–H and O–H groups in total. The topological polar surface area (TPSA) is 105 Å². The van der Waals surface area contributed by atoms with Gasteiger partial charge in [-0.1, -0.05) is 170 Å². The van der Waals surface area contributed by atoms with Gasteiger partial charge >= 0.3 is 7.82 Å². The van der Waals surface area contributed by atoms with Gasteiger partial charge in [0.25, 0.3) is 0 Å². The summed E-state index contributed by atoms with van der Waals surface area (Å²) in [6, 6.07) is -0.903. The van der Waals surface area contributed by atoms with E-state index in [1.165, 1.54) is 89.9 Å². The van der Waals surface area contributed by atoms with E-state index in [-0.39, 0.29) is 25.5 Å². The van der Waals surface area contributed by atoms with E-state index in [4.69, 9.17) is 9.05 Å². The summed E-state index contributed by atoms with van der Waals surface area (Å²) in [5.41, 5.74) is 0. The molecule has 8 nitrogen and oxygen atoms in total. The van der Waals surface area contributed by atoms with Gasteiger partial charge in [-0.25, -0.2) is 4.57 Å². The number of likely N-dealkylation sites (N-methyl/N-ethyl adjacent to an activating group) is 1. The molecule has 0 radical (unpaired) electrons. The van der Waals surface area contributed by atoms with Crippen molar-refractivity contribution in [2.24, 2.45) is 0 Å². The number of nitrogens with zero attached hydrogens (tertiary/aromatic N) is 1. The number of phosphoric acid groups is 1. The number of aliphatic hydroxyl groups excluding tert-OH is 1. The molecular formula is C46H84N2O6P+. The molecule has 0 fully saturated rings. The molecule has 0 bridgehead atoms. The lowest BCUT2D eigenvalue weighted by atomic mass is 10.0. The zero-order valence-corrected chi connectivity index (χ0v) is 36.8. The van der Waals surface area contributed by atoms with E-state index in [2.05, 4.69) is 67.8 Å². The van der Waals surface area contributed by atoms with E-state index in [0.29, 0.717) is 17.4 Å². The van der Waals surface area contributed by atoms with Crippen LogP contribution in [0, 0.1) is 0 Å². The van der Waals surface area contributed by atoms with Crippen molar-refractivity contribution in [1.29, 1.82) is 0 Å². The van der Waals surface area contributed by atoms with Gasteiger partial charge in [0.15, 0.2) is 0 Å². The van der Waals surface area contributed by atoms with Gasteiger partial charge in [0, 0.05) is 6.42 Å². The number of carbonyl (C=O) groups is 1. The highest BCUT2D eigenvalue weighted by Gasteiger charge is 2.27. The second-order valence-corrected chi connectivity index (χ2v) is 17.1. The van der Waals surface area contributed by atoms with Crippen LogP contribution in [-0.2, 0) is 18.4 Å². The number of hydrogen-bond donors (Lipinski definition) is 3. The smallest absolute Gasteiger partial charge is 0.387 e. The van der Waals surface area contributed by atoms with Crippen molar-refractivity contribution in [3.8, 4) is 0 Å². The summed E-state index contributed by atoms with van der Waals surface area (Å²) in [5.74, 6) is -0.270. The fourth-order valence-corrected chi connectivity index (χ4v) is 6.45. The molecule has 0 spiro atoms. The Kier molecular flexibility index (Phi) is 36.1. The molecule has 0 aromatic rings. The molecule has 3 unspecified atom stereocenters. The molecule has 0 rings (SSSR count). The van der Waals surface area contributed by atoms with Gasteiger partial charge in [0.05, 0.1) is 39.9 Å². The molecule has 0 aliphatic heterocycles. The molecular weight excluding hydrogens is 707 g/mol. The highest BCUT2D eigenvalue weighted by molar-refractivity contribution is 7.47. The third-order valence-corrected chi connectivity index (χ3v) is 10.2. The Morgan fingerprint density at radius 2 is 1.11 bits per heavy atom. The lowest BCUT2D eigenvalue weighted by Crippen LogP contribution is -2.45. The first-order valence-corrected chi connectivity index (χ1v) is 23.3. The van der Waals surface area contributed by atoms with Crippen molar-refractivity contribution in [2.45, 2.75) is 174 Å². The van der Waals surface area contributed by atoms with Crippen molar-refractivity contribution in [2.75, 3.05) is 40.9 Å². The van der Waals surface area contributed by atoms with Gasteiger partial charge in [-0.3, -0.25) is 13.8 Å². The third kappa shape index (κ3) is 40.0. The second kappa shape index (κ2) is 37.5. The van der Waals surface area contributed by atoms with E-state index >= 15 is 0 Å². The monoisotopic (exact) mass is 792 g/mol. The van der Waals surface area contributed by atoms with Crippen LogP contribution in [0.5, 0.6) is 0 Å². The minimum absolute atomic E-state index is 0.0402. The van der Waals surface area contributed by atoms with Crippen LogP contribution in [0.1, 0.15) is 162 Å². The van der Waals surface area contributed by atoms with E-state index in [0.717, 1.165) is 44.9 Å². The Balaban J connectivity index is 4.56. The minimum Gasteiger partial charge on any atom is -0.387 e. The molecule has 0 saturated carbocycles. The lowest BCUT2D eigenvalue weighted by Gasteiger charge is -2.25. The van der Waals surface area contributed by atoms with Crippen LogP contribution in [-0.4, -0.2) is 73.4 Å². The number of aliphatic hydroxyl groups is 1. The van der Waals surface area contributed by atoms with Crippen LogP contribution in [0.15, 0.2) is 72.9 Å². The fraction of sp³-hybridized carbons (Fsp3) is 0.717. The predicted molar refractivity (Wildman–Crippen MR) is 235 cm³/mol. The van der Waals surface area contributed by atoms with Gasteiger partial charge < -0.3 is 19.8 Å². The summed E-state index contributed by atoms with van der Waals surface area (Å²) in [7, 11) is 1.50. The van der Waals surface area contributed by atoms with E-state index in [1.807, 2.05) is 39.4 Å². The first-order valence-electron chi connectivity index (χ1n) is 21.8. The fourth-order valence-electron chi connectivity index (χ4n) is 5.71. The molecule has 0 aromatic heterocycles. The first-order chi connectivity index (χ1) is 26.5. The SMILES string of the molecule is CC/C=C\C/C=C\C/C=C\C/C=C\CCC(=O)NC(COP(=O)(O)OCC[N+](C)(C)C)C(O)/C=C/CC/C=C/CCCCCCCCCCCCCCCC. The second-order valence-electron chi connectivity index (χ2n) is 15.7. The van der Waals surface area contributed by atoms with Crippen molar-refractivity contribution in [1.82, 2.24) is 5.32 Å². The van der Waals surface area contributed by atoms with Crippen LogP contribution < -0.4 is 5.32 Å². The molecule has 0 aliphatic rings. The standard InChI is InChI=1S/C46H83N2O6P/c1-6-8-10-12-14-16-18-20-21-22-23-24-25-26-28-29-31-33-35-37-39-45(49)44(43-54-55(51,52)53-42-41-48(3,4)5)47-46(50)40-38-36-34-32-30-27-19-17-15-13-11-9-7-2/h9,11,15,17,27,29-31,34,36-37,39,44-45,49H,6-8,10,12-14,16,18-26,28,32-33,35,38,40-43H2,1-5H3,(H-,47,50,51,52)/p+1/b11-9-,17-15-,30-27-,31-29+,36-34-,39-37+. The Hall–Kier alpha value is -2.06. The minimum atomic E-state index is -4.37. The Morgan fingerprint density at radius 1 is 0.636 bits per heavy atom. The Bertz CT molecular complexity index is 1120. The third-order valence-electron chi connectivity index (χ3n) is 9.17. The molecule has 0 aromatic carbocycles. The molecule has 55 heavy (non-hydrogen) atoms. The number of quaternary nitrogens is 1. The van der Waals surface area contributed by atoms with Gasteiger partial charge in [-0.2, -0.15) is 0 Å². The number of nitrogens with one attached hydrogen (secondary N) is 1. The van der Waals surface area contributed by atoms with Crippen LogP contribution >= 0.6 is 7.82 Å². The quantitative estimate of drug-likeness (QED) is 0.0249. The first kappa shape index (κ1) is 52.9. The molecule has 3 atom stereocenters. The number of carbonyl (C=O) groups excluding carboxylic acids is 1. The summed E-state index contributed by atoms with van der Waals surface area (Å²) < 4.78 is 23.5. The summed E-state index contributed by atoms with van der Waals surface area (Å²) in [5, 5.41) is 13.7. The normalized spacial score (nSPS) is 15.1. The average molecular weight is 792 g/mol. The molecule has 0 saturated heterocycles. The maximum Gasteiger partial charge on any atom is 0.472 e. The number of rotatable bonds is 38. The van der Waals surface area contributed by atoms with Gasteiger partial charge in [-0.05, 0) is 57.8 Å². The molecule has 1 amide bonds. The van der Waals surface area contributed by atoms with Crippen molar-refractivity contribution in [3.63, 3.8) is 0 Å². The van der Waals surface area contributed by atoms with Crippen LogP contribution in [0.3, 0.4) is 0 Å². The zero-order valence-electron chi connectivity index (χ0n) is 35.9. The lowest BCUT2D eigenvalue weighted by molar-refractivity contribution is -0.870. The summed E-state index contributed by atoms with van der Waals surface area (Å²) in [6.07, 6.45) is 50.0. The Labute approximate surface area is 338 Å². The maximum atomic E-state index is 12.8. The molecule has 0 heterocycles. The number of allylic oxidation sites excluding steroid dienone is 11. The number of hydrogen-bond acceptors (Lipinski definition) is 5. The molecule has 0 aliphatic carbocycles. The highest BCUT2D eigenvalue weighted by Crippen LogP contribution is 2.43. The maximum absolute atomic E-state index is 12.8. The van der Waals surface area contributed by atoms with Gasteiger partial charge in [0.2, 0.25) is 5.91 Å². The molecule has 318 valence electrons. The molecule has 9 heteroatoms. The summed E-state index contributed by atoms with van der Waals surface area (Å²) in [6.45, 7) is 4.60. The average Bonchev–Trinajstić information content (AvgIpc) is 3.13. The van der Waals surface area contributed by atoms with Crippen LogP contribution in [0.25, 0.3) is 0 Å². The highest BCUT2D eigenvalue weighted by atomic mass is 31.2. The van der Waals surface area contributed by atoms with E-state index in [9.17, 15) is 19.4 Å². The zero-order chi connectivity index (χ0) is 40.7. The summed E-state index contributed by atoms with van der Waals surface area (Å²) in [4.78, 5) is 23.0. The van der Waals surface area contributed by atoms with Crippen molar-refractivity contribution >= 4 is 13.7 Å². The van der Waals surface area contributed by atoms with E-state index < -0.39 is 20.0 Å². The largest absolute Gasteiger partial charge is 0.472 e. The van der Waals surface area contributed by atoms with Crippen molar-refractivity contribution < 1.29 is 32.9 Å². The van der Waals surface area contributed by atoms with Crippen LogP contribution in [0.4, 0.5) is 0 Å².